The fourth-order valence-electron chi connectivity index (χ4n) is 2.43. The summed E-state index contributed by atoms with van der Waals surface area (Å²) in [4.78, 5) is 2.57. The number of ether oxygens (including phenoxy) is 1. The lowest BCUT2D eigenvalue weighted by molar-refractivity contribution is 0.0467. The predicted octanol–water partition coefficient (Wildman–Crippen LogP) is 1.49. The van der Waals surface area contributed by atoms with Crippen LogP contribution in [0.3, 0.4) is 0 Å². The second-order valence-electron chi connectivity index (χ2n) is 4.34. The summed E-state index contributed by atoms with van der Waals surface area (Å²) in [6.07, 6.45) is 2.64. The summed E-state index contributed by atoms with van der Waals surface area (Å²) in [6, 6.07) is 1.25. The Morgan fingerprint density at radius 2 is 2.27 bits per heavy atom. The molecule has 0 radical (unpaired) electrons. The van der Waals surface area contributed by atoms with Crippen molar-refractivity contribution in [2.24, 2.45) is 0 Å². The van der Waals surface area contributed by atoms with Crippen molar-refractivity contribution in [2.75, 3.05) is 32.8 Å². The first kappa shape index (κ1) is 12.9. The number of nitrogens with zero attached hydrogens (tertiary/aromatic N) is 1. The Bertz CT molecular complexity index is 158. The summed E-state index contributed by atoms with van der Waals surface area (Å²) < 4.78 is 5.51. The molecule has 0 aliphatic carbocycles. The monoisotopic (exact) mass is 214 g/mol. The minimum atomic E-state index is 0.542. The molecule has 0 aromatic rings. The predicted molar refractivity (Wildman–Crippen MR) is 64.2 cm³/mol. The first-order valence-electron chi connectivity index (χ1n) is 6.33. The zero-order chi connectivity index (χ0) is 11.1. The van der Waals surface area contributed by atoms with E-state index in [2.05, 4.69) is 31.0 Å². The minimum absolute atomic E-state index is 0.542. The average Bonchev–Trinajstić information content (AvgIpc) is 2.29. The van der Waals surface area contributed by atoms with E-state index in [0.29, 0.717) is 12.1 Å². The average molecular weight is 214 g/mol. The molecule has 3 nitrogen and oxygen atoms in total. The van der Waals surface area contributed by atoms with Gasteiger partial charge in [-0.25, -0.2) is 0 Å². The van der Waals surface area contributed by atoms with Crippen molar-refractivity contribution in [1.29, 1.82) is 0 Å². The zero-order valence-electron chi connectivity index (χ0n) is 10.5. The van der Waals surface area contributed by atoms with Crippen LogP contribution in [0.1, 0.15) is 33.6 Å². The lowest BCUT2D eigenvalue weighted by Gasteiger charge is -2.37. The van der Waals surface area contributed by atoms with E-state index in [1.807, 2.05) is 0 Å². The van der Waals surface area contributed by atoms with Gasteiger partial charge in [0, 0.05) is 25.2 Å². The standard InChI is InChI=1S/C12H26N2O/c1-4-14(11(3)10-15-5-2)12-7-6-8-13-9-12/h11-13H,4-10H2,1-3H3. The molecule has 1 saturated heterocycles. The number of hydrogen-bond donors (Lipinski definition) is 1. The summed E-state index contributed by atoms with van der Waals surface area (Å²) in [5, 5.41) is 3.48. The molecule has 1 aliphatic heterocycles. The molecule has 2 unspecified atom stereocenters. The Hall–Kier alpha value is -0.120. The summed E-state index contributed by atoms with van der Waals surface area (Å²) >= 11 is 0. The highest BCUT2D eigenvalue weighted by molar-refractivity contribution is 4.81. The Morgan fingerprint density at radius 1 is 1.47 bits per heavy atom. The van der Waals surface area contributed by atoms with Gasteiger partial charge in [-0.2, -0.15) is 0 Å². The van der Waals surface area contributed by atoms with Crippen LogP contribution in [0.5, 0.6) is 0 Å². The van der Waals surface area contributed by atoms with E-state index in [9.17, 15) is 0 Å². The zero-order valence-corrected chi connectivity index (χ0v) is 10.5. The highest BCUT2D eigenvalue weighted by atomic mass is 16.5. The van der Waals surface area contributed by atoms with Crippen LogP contribution in [0, 0.1) is 0 Å². The lowest BCUT2D eigenvalue weighted by Crippen LogP contribution is -2.50. The van der Waals surface area contributed by atoms with Gasteiger partial charge in [0.25, 0.3) is 0 Å². The molecule has 0 saturated carbocycles. The van der Waals surface area contributed by atoms with Gasteiger partial charge in [0.15, 0.2) is 0 Å². The number of hydrogen-bond acceptors (Lipinski definition) is 3. The van der Waals surface area contributed by atoms with Crippen LogP contribution in [-0.4, -0.2) is 49.8 Å². The van der Waals surface area contributed by atoms with E-state index in [1.54, 1.807) is 0 Å². The van der Waals surface area contributed by atoms with E-state index in [4.69, 9.17) is 4.74 Å². The number of rotatable bonds is 6. The fraction of sp³-hybridized carbons (Fsp3) is 1.00. The Balaban J connectivity index is 2.37. The van der Waals surface area contributed by atoms with Crippen LogP contribution in [-0.2, 0) is 4.74 Å². The van der Waals surface area contributed by atoms with Gasteiger partial charge in [0.1, 0.15) is 0 Å². The van der Waals surface area contributed by atoms with Crippen LogP contribution < -0.4 is 5.32 Å². The van der Waals surface area contributed by atoms with Crippen LogP contribution in [0.2, 0.25) is 0 Å². The lowest BCUT2D eigenvalue weighted by atomic mass is 10.0. The molecule has 3 heteroatoms. The van der Waals surface area contributed by atoms with Gasteiger partial charge in [-0.15, -0.1) is 0 Å². The second kappa shape index (κ2) is 7.20. The molecule has 0 bridgehead atoms. The molecule has 1 N–H and O–H groups in total. The van der Waals surface area contributed by atoms with Gasteiger partial charge in [0.05, 0.1) is 6.61 Å². The normalized spacial score (nSPS) is 24.4. The molecule has 90 valence electrons. The van der Waals surface area contributed by atoms with Gasteiger partial charge in [-0.05, 0) is 39.8 Å². The topological polar surface area (TPSA) is 24.5 Å². The molecule has 1 rings (SSSR count). The van der Waals surface area contributed by atoms with Gasteiger partial charge in [-0.1, -0.05) is 6.92 Å². The first-order valence-corrected chi connectivity index (χ1v) is 6.33. The Kier molecular flexibility index (Phi) is 6.22. The van der Waals surface area contributed by atoms with Crippen LogP contribution in [0.25, 0.3) is 0 Å². The number of nitrogens with one attached hydrogen (secondary N) is 1. The fourth-order valence-corrected chi connectivity index (χ4v) is 2.43. The van der Waals surface area contributed by atoms with E-state index < -0.39 is 0 Å². The maximum absolute atomic E-state index is 5.51. The maximum atomic E-state index is 5.51. The third-order valence-corrected chi connectivity index (χ3v) is 3.23. The first-order chi connectivity index (χ1) is 7.29. The third-order valence-electron chi connectivity index (χ3n) is 3.23. The summed E-state index contributed by atoms with van der Waals surface area (Å²) in [5.74, 6) is 0. The van der Waals surface area contributed by atoms with E-state index >= 15 is 0 Å². The van der Waals surface area contributed by atoms with Crippen LogP contribution >= 0.6 is 0 Å². The molecular formula is C12H26N2O. The van der Waals surface area contributed by atoms with Gasteiger partial charge >= 0.3 is 0 Å². The van der Waals surface area contributed by atoms with E-state index in [-0.39, 0.29) is 0 Å². The molecule has 1 heterocycles. The van der Waals surface area contributed by atoms with Gasteiger partial charge < -0.3 is 10.1 Å². The molecule has 1 fully saturated rings. The second-order valence-corrected chi connectivity index (χ2v) is 4.34. The highest BCUT2D eigenvalue weighted by Gasteiger charge is 2.23. The molecule has 0 aromatic carbocycles. The van der Waals surface area contributed by atoms with E-state index in [1.165, 1.54) is 19.4 Å². The molecule has 1 aliphatic rings. The molecular weight excluding hydrogens is 188 g/mol. The van der Waals surface area contributed by atoms with Crippen molar-refractivity contribution >= 4 is 0 Å². The smallest absolute Gasteiger partial charge is 0.0619 e. The molecule has 2 atom stereocenters. The van der Waals surface area contributed by atoms with Crippen molar-refractivity contribution < 1.29 is 4.74 Å². The van der Waals surface area contributed by atoms with E-state index in [0.717, 1.165) is 26.3 Å². The van der Waals surface area contributed by atoms with Crippen LogP contribution in [0.15, 0.2) is 0 Å². The van der Waals surface area contributed by atoms with Crippen LogP contribution in [0.4, 0.5) is 0 Å². The van der Waals surface area contributed by atoms with Gasteiger partial charge in [-0.3, -0.25) is 4.90 Å². The SMILES string of the molecule is CCOCC(C)N(CC)C1CCCNC1. The summed E-state index contributed by atoms with van der Waals surface area (Å²) in [6.45, 7) is 11.7. The molecule has 0 amide bonds. The Labute approximate surface area is 94.2 Å². The van der Waals surface area contributed by atoms with Crippen molar-refractivity contribution in [1.82, 2.24) is 10.2 Å². The van der Waals surface area contributed by atoms with Gasteiger partial charge in [0.2, 0.25) is 0 Å². The van der Waals surface area contributed by atoms with Crippen molar-refractivity contribution in [3.8, 4) is 0 Å². The number of likely N-dealkylation sites (N-methyl/N-ethyl adjacent to an activating group) is 1. The number of piperidine rings is 1. The third kappa shape index (κ3) is 4.09. The highest BCUT2D eigenvalue weighted by Crippen LogP contribution is 2.13. The molecule has 0 spiro atoms. The summed E-state index contributed by atoms with van der Waals surface area (Å²) in [7, 11) is 0. The molecule has 15 heavy (non-hydrogen) atoms. The quantitative estimate of drug-likeness (QED) is 0.725. The largest absolute Gasteiger partial charge is 0.380 e. The summed E-state index contributed by atoms with van der Waals surface area (Å²) in [5.41, 5.74) is 0. The molecule has 0 aromatic heterocycles. The Morgan fingerprint density at radius 3 is 2.80 bits per heavy atom. The minimum Gasteiger partial charge on any atom is -0.380 e. The van der Waals surface area contributed by atoms with Crippen molar-refractivity contribution in [3.63, 3.8) is 0 Å². The van der Waals surface area contributed by atoms with Crippen molar-refractivity contribution in [2.45, 2.75) is 45.7 Å². The van der Waals surface area contributed by atoms with Crippen molar-refractivity contribution in [3.05, 3.63) is 0 Å². The maximum Gasteiger partial charge on any atom is 0.0619 e.